The third-order valence-corrected chi connectivity index (χ3v) is 0.211. The van der Waals surface area contributed by atoms with Crippen LogP contribution in [0.2, 0.25) is 0 Å². The summed E-state index contributed by atoms with van der Waals surface area (Å²) in [6.45, 7) is 0. The lowest BCUT2D eigenvalue weighted by molar-refractivity contribution is 0.229. The second kappa shape index (κ2) is 8.81. The SMILES string of the molecule is COB(O)O.ClC(Cl)Cl. The number of halogens is 3. The summed E-state index contributed by atoms with van der Waals surface area (Å²) in [5.41, 5.74) is 0. The van der Waals surface area contributed by atoms with Gasteiger partial charge in [0.25, 0.3) is 0 Å². The average molecular weight is 195 g/mol. The van der Waals surface area contributed by atoms with Crippen molar-refractivity contribution in [2.45, 2.75) is 4.30 Å². The van der Waals surface area contributed by atoms with E-state index in [1.165, 1.54) is 7.11 Å². The van der Waals surface area contributed by atoms with Crippen LogP contribution in [0, 0.1) is 0 Å². The molecular formula is C2H6BCl3O3. The Balaban J connectivity index is 0. The van der Waals surface area contributed by atoms with Crippen LogP contribution in [-0.4, -0.2) is 28.8 Å². The van der Waals surface area contributed by atoms with E-state index in [0.29, 0.717) is 0 Å². The molecule has 3 nitrogen and oxygen atoms in total. The topological polar surface area (TPSA) is 49.7 Å². The first-order valence-electron chi connectivity index (χ1n) is 1.82. The van der Waals surface area contributed by atoms with E-state index < -0.39 is 11.6 Å². The fraction of sp³-hybridized carbons (Fsp3) is 1.00. The molecule has 0 aromatic rings. The predicted molar refractivity (Wildman–Crippen MR) is 38.5 cm³/mol. The summed E-state index contributed by atoms with van der Waals surface area (Å²) >= 11 is 14.4. The predicted octanol–water partition coefficient (Wildman–Crippen LogP) is 0.589. The molecule has 0 saturated carbocycles. The van der Waals surface area contributed by atoms with Gasteiger partial charge in [-0.2, -0.15) is 0 Å². The molecule has 0 aliphatic heterocycles. The van der Waals surface area contributed by atoms with Gasteiger partial charge in [-0.05, 0) is 0 Å². The minimum Gasteiger partial charge on any atom is -0.402 e. The van der Waals surface area contributed by atoms with Crippen molar-refractivity contribution in [3.63, 3.8) is 0 Å². The molecule has 0 spiro atoms. The van der Waals surface area contributed by atoms with Crippen molar-refractivity contribution in [2.75, 3.05) is 7.11 Å². The van der Waals surface area contributed by atoms with Gasteiger partial charge in [0.05, 0.1) is 0 Å². The molecule has 9 heavy (non-hydrogen) atoms. The summed E-state index contributed by atoms with van der Waals surface area (Å²) in [6.07, 6.45) is 0. The van der Waals surface area contributed by atoms with Gasteiger partial charge in [0, 0.05) is 7.11 Å². The molecule has 0 fully saturated rings. The maximum Gasteiger partial charge on any atom is 0.633 e. The molecule has 0 amide bonds. The Morgan fingerprint density at radius 2 is 1.44 bits per heavy atom. The molecule has 0 aromatic carbocycles. The van der Waals surface area contributed by atoms with Crippen molar-refractivity contribution in [3.05, 3.63) is 0 Å². The van der Waals surface area contributed by atoms with Crippen LogP contribution in [0.15, 0.2) is 0 Å². The van der Waals surface area contributed by atoms with Crippen molar-refractivity contribution in [1.29, 1.82) is 0 Å². The zero-order chi connectivity index (χ0) is 7.86. The fourth-order valence-corrected chi connectivity index (χ4v) is 0. The Hall–Kier alpha value is 0.815. The maximum absolute atomic E-state index is 7.69. The molecule has 2 N–H and O–H groups in total. The minimum absolute atomic E-state index is 0.750. The molecule has 0 saturated heterocycles. The molecule has 0 rings (SSSR count). The van der Waals surface area contributed by atoms with E-state index in [-0.39, 0.29) is 0 Å². The lowest BCUT2D eigenvalue weighted by Crippen LogP contribution is -2.12. The number of hydrogen-bond acceptors (Lipinski definition) is 3. The van der Waals surface area contributed by atoms with E-state index in [0.717, 1.165) is 0 Å². The summed E-state index contributed by atoms with van der Waals surface area (Å²) in [5, 5.41) is 15.4. The molecule has 0 aliphatic carbocycles. The van der Waals surface area contributed by atoms with Gasteiger partial charge < -0.3 is 14.7 Å². The third-order valence-electron chi connectivity index (χ3n) is 0.211. The van der Waals surface area contributed by atoms with Gasteiger partial charge in [0.1, 0.15) is 0 Å². The fourth-order valence-electron chi connectivity index (χ4n) is 0. The van der Waals surface area contributed by atoms with Crippen molar-refractivity contribution < 1.29 is 14.7 Å². The van der Waals surface area contributed by atoms with Gasteiger partial charge in [-0.25, -0.2) is 0 Å². The van der Waals surface area contributed by atoms with Crippen LogP contribution < -0.4 is 0 Å². The molecule has 56 valence electrons. The summed E-state index contributed by atoms with van der Waals surface area (Å²) < 4.78 is 3.11. The van der Waals surface area contributed by atoms with Gasteiger partial charge >= 0.3 is 7.32 Å². The van der Waals surface area contributed by atoms with Gasteiger partial charge in [-0.15, -0.1) is 0 Å². The van der Waals surface area contributed by atoms with E-state index in [9.17, 15) is 0 Å². The number of rotatable bonds is 1. The maximum atomic E-state index is 7.69. The van der Waals surface area contributed by atoms with Crippen LogP contribution >= 0.6 is 34.8 Å². The highest BCUT2D eigenvalue weighted by molar-refractivity contribution is 6.63. The average Bonchev–Trinajstić information content (AvgIpc) is 1.65. The zero-order valence-electron chi connectivity index (χ0n) is 4.59. The Labute approximate surface area is 68.6 Å². The largest absolute Gasteiger partial charge is 0.633 e. The van der Waals surface area contributed by atoms with Crippen LogP contribution in [-0.2, 0) is 4.65 Å². The Morgan fingerprint density at radius 1 is 1.33 bits per heavy atom. The van der Waals surface area contributed by atoms with E-state index >= 15 is 0 Å². The molecule has 0 bridgehead atoms. The summed E-state index contributed by atoms with van der Waals surface area (Å²) in [5.74, 6) is 0. The molecule has 0 radical (unpaired) electrons. The van der Waals surface area contributed by atoms with E-state index in [1.807, 2.05) is 0 Å². The zero-order valence-corrected chi connectivity index (χ0v) is 6.86. The van der Waals surface area contributed by atoms with Gasteiger partial charge in [0.2, 0.25) is 0 Å². The molecule has 0 heterocycles. The first kappa shape index (κ1) is 12.5. The standard InChI is InChI=1S/CH5BO3.CHCl3/c1-5-2(3)4;2-1(3)4/h3-4H,1H3;1H. The van der Waals surface area contributed by atoms with Crippen LogP contribution in [0.25, 0.3) is 0 Å². The van der Waals surface area contributed by atoms with Crippen LogP contribution in [0.1, 0.15) is 0 Å². The normalized spacial score (nSPS) is 8.33. The molecule has 0 unspecified atom stereocenters. The lowest BCUT2D eigenvalue weighted by atomic mass is 10.3. The smallest absolute Gasteiger partial charge is 0.402 e. The lowest BCUT2D eigenvalue weighted by Gasteiger charge is -1.84. The van der Waals surface area contributed by atoms with E-state index in [2.05, 4.69) is 4.65 Å². The van der Waals surface area contributed by atoms with Crippen molar-refractivity contribution in [3.8, 4) is 0 Å². The Morgan fingerprint density at radius 3 is 1.44 bits per heavy atom. The Bertz CT molecular complexity index is 49.6. The summed E-state index contributed by atoms with van der Waals surface area (Å²) in [6, 6.07) is 0. The molecule has 0 aromatic heterocycles. The highest BCUT2D eigenvalue weighted by Gasteiger charge is 2.00. The minimum atomic E-state index is -1.62. The van der Waals surface area contributed by atoms with E-state index in [1.54, 1.807) is 0 Å². The van der Waals surface area contributed by atoms with Crippen LogP contribution in [0.5, 0.6) is 0 Å². The van der Waals surface area contributed by atoms with Crippen LogP contribution in [0.4, 0.5) is 0 Å². The van der Waals surface area contributed by atoms with Crippen LogP contribution in [0.3, 0.4) is 0 Å². The highest BCUT2D eigenvalue weighted by atomic mass is 35.6. The van der Waals surface area contributed by atoms with E-state index in [4.69, 9.17) is 44.9 Å². The monoisotopic (exact) mass is 194 g/mol. The van der Waals surface area contributed by atoms with Gasteiger partial charge in [-0.3, -0.25) is 0 Å². The molecular weight excluding hydrogens is 189 g/mol. The third kappa shape index (κ3) is 51.7. The van der Waals surface area contributed by atoms with Crippen molar-refractivity contribution in [2.24, 2.45) is 0 Å². The van der Waals surface area contributed by atoms with Gasteiger partial charge in [-0.1, -0.05) is 34.8 Å². The second-order valence-corrected chi connectivity index (χ2v) is 2.79. The first-order valence-corrected chi connectivity index (χ1v) is 3.12. The summed E-state index contributed by atoms with van der Waals surface area (Å²) in [7, 11) is -0.417. The molecule has 0 atom stereocenters. The second-order valence-electron chi connectivity index (χ2n) is 0.809. The van der Waals surface area contributed by atoms with Gasteiger partial charge in [0.15, 0.2) is 4.30 Å². The Kier molecular flexibility index (Phi) is 12.2. The quantitative estimate of drug-likeness (QED) is 0.475. The summed E-state index contributed by atoms with van der Waals surface area (Å²) in [4.78, 5) is 0. The molecule has 0 aliphatic rings. The van der Waals surface area contributed by atoms with Crippen molar-refractivity contribution >= 4 is 42.1 Å². The number of alkyl halides is 3. The number of hydrogen-bond donors (Lipinski definition) is 2. The highest BCUT2D eigenvalue weighted by Crippen LogP contribution is 2.03. The first-order chi connectivity index (χ1) is 4.00. The van der Waals surface area contributed by atoms with Crippen molar-refractivity contribution in [1.82, 2.24) is 0 Å². The molecule has 7 heteroatoms.